The quantitative estimate of drug-likeness (QED) is 0.395. The highest BCUT2D eigenvalue weighted by Crippen LogP contribution is 2.25. The van der Waals surface area contributed by atoms with Crippen molar-refractivity contribution >= 4 is 28.6 Å². The van der Waals surface area contributed by atoms with Gasteiger partial charge in [0.1, 0.15) is 5.75 Å². The standard InChI is InChI=1S/C21H31N7O2/c1-6-28-12-25-17-18(23-11-14-9-15(30-5)7-8-16(14)22)26-20(27-19(17)28)24-10-13(2)21(3,4)29/h7-9,12-13,29H,6,10-11,22H2,1-5H3,(H2,23,24,26,27). The first kappa shape index (κ1) is 21.6. The second-order valence-corrected chi connectivity index (χ2v) is 7.95. The topological polar surface area (TPSA) is 123 Å². The minimum atomic E-state index is -0.798. The van der Waals surface area contributed by atoms with E-state index in [-0.39, 0.29) is 5.92 Å². The number of nitrogens with one attached hydrogen (secondary N) is 2. The zero-order valence-corrected chi connectivity index (χ0v) is 18.2. The molecule has 1 aromatic carbocycles. The van der Waals surface area contributed by atoms with Crippen molar-refractivity contribution in [3.05, 3.63) is 30.1 Å². The monoisotopic (exact) mass is 413 g/mol. The summed E-state index contributed by atoms with van der Waals surface area (Å²) >= 11 is 0. The SMILES string of the molecule is CCn1cnc2c(NCc3cc(OC)ccc3N)nc(NCC(C)C(C)(C)O)nc21. The first-order chi connectivity index (χ1) is 14.2. The van der Waals surface area contributed by atoms with Crippen molar-refractivity contribution in [2.45, 2.75) is 46.4 Å². The molecule has 0 aliphatic carbocycles. The van der Waals surface area contributed by atoms with E-state index in [1.54, 1.807) is 27.3 Å². The van der Waals surface area contributed by atoms with E-state index in [1.807, 2.05) is 36.6 Å². The Balaban J connectivity index is 1.88. The van der Waals surface area contributed by atoms with Crippen LogP contribution in [0.4, 0.5) is 17.5 Å². The van der Waals surface area contributed by atoms with Crippen LogP contribution in [0.5, 0.6) is 5.75 Å². The second-order valence-electron chi connectivity index (χ2n) is 7.95. The van der Waals surface area contributed by atoms with Gasteiger partial charge < -0.3 is 30.8 Å². The van der Waals surface area contributed by atoms with Crippen LogP contribution in [0.3, 0.4) is 0 Å². The van der Waals surface area contributed by atoms with Crippen LogP contribution in [0.25, 0.3) is 11.2 Å². The summed E-state index contributed by atoms with van der Waals surface area (Å²) in [6, 6.07) is 5.55. The Labute approximate surface area is 176 Å². The van der Waals surface area contributed by atoms with Gasteiger partial charge in [-0.2, -0.15) is 9.97 Å². The Bertz CT molecular complexity index is 1010. The lowest BCUT2D eigenvalue weighted by atomic mass is 9.93. The van der Waals surface area contributed by atoms with Gasteiger partial charge in [-0.3, -0.25) is 0 Å². The van der Waals surface area contributed by atoms with Crippen LogP contribution in [0.15, 0.2) is 24.5 Å². The second kappa shape index (κ2) is 8.74. The van der Waals surface area contributed by atoms with E-state index < -0.39 is 5.60 Å². The Morgan fingerprint density at radius 3 is 2.70 bits per heavy atom. The summed E-state index contributed by atoms with van der Waals surface area (Å²) in [6.45, 7) is 9.35. The van der Waals surface area contributed by atoms with Gasteiger partial charge in [0.05, 0.1) is 19.0 Å². The molecular weight excluding hydrogens is 382 g/mol. The number of aliphatic hydroxyl groups is 1. The Morgan fingerprint density at radius 1 is 1.27 bits per heavy atom. The predicted molar refractivity (Wildman–Crippen MR) is 120 cm³/mol. The molecule has 2 aromatic heterocycles. The zero-order valence-electron chi connectivity index (χ0n) is 18.2. The molecule has 0 aliphatic rings. The van der Waals surface area contributed by atoms with Crippen molar-refractivity contribution in [3.8, 4) is 5.75 Å². The molecule has 0 spiro atoms. The average molecular weight is 414 g/mol. The number of methoxy groups -OCH3 is 1. The van der Waals surface area contributed by atoms with E-state index in [4.69, 9.17) is 10.5 Å². The van der Waals surface area contributed by atoms with E-state index in [9.17, 15) is 5.11 Å². The highest BCUT2D eigenvalue weighted by molar-refractivity contribution is 5.84. The molecule has 2 heterocycles. The van der Waals surface area contributed by atoms with Gasteiger partial charge in [0, 0.05) is 31.2 Å². The molecule has 162 valence electrons. The van der Waals surface area contributed by atoms with E-state index in [1.165, 1.54) is 0 Å². The molecule has 5 N–H and O–H groups in total. The molecule has 3 rings (SSSR count). The molecule has 1 unspecified atom stereocenters. The maximum atomic E-state index is 10.2. The molecule has 9 heteroatoms. The maximum absolute atomic E-state index is 10.2. The molecule has 0 aliphatic heterocycles. The first-order valence-corrected chi connectivity index (χ1v) is 10.1. The lowest BCUT2D eigenvalue weighted by molar-refractivity contribution is 0.0303. The van der Waals surface area contributed by atoms with Gasteiger partial charge in [0.2, 0.25) is 5.95 Å². The smallest absolute Gasteiger partial charge is 0.226 e. The summed E-state index contributed by atoms with van der Waals surface area (Å²) in [5.41, 5.74) is 8.33. The van der Waals surface area contributed by atoms with Gasteiger partial charge >= 0.3 is 0 Å². The molecule has 9 nitrogen and oxygen atoms in total. The minimum Gasteiger partial charge on any atom is -0.497 e. The number of nitrogen functional groups attached to an aromatic ring is 1. The van der Waals surface area contributed by atoms with Crippen molar-refractivity contribution in [1.29, 1.82) is 0 Å². The fourth-order valence-corrected chi connectivity index (χ4v) is 2.91. The van der Waals surface area contributed by atoms with Crippen LogP contribution in [-0.2, 0) is 13.1 Å². The van der Waals surface area contributed by atoms with Gasteiger partial charge in [-0.05, 0) is 44.5 Å². The molecule has 1 atom stereocenters. The molecule has 30 heavy (non-hydrogen) atoms. The van der Waals surface area contributed by atoms with Crippen LogP contribution < -0.4 is 21.1 Å². The van der Waals surface area contributed by atoms with Crippen LogP contribution in [0.2, 0.25) is 0 Å². The summed E-state index contributed by atoms with van der Waals surface area (Å²) in [5, 5.41) is 16.8. The van der Waals surface area contributed by atoms with Gasteiger partial charge in [-0.1, -0.05) is 6.92 Å². The zero-order chi connectivity index (χ0) is 21.9. The molecule has 0 radical (unpaired) electrons. The molecular formula is C21H31N7O2. The number of fused-ring (bicyclic) bond motifs is 1. The average Bonchev–Trinajstić information content (AvgIpc) is 3.13. The lowest BCUT2D eigenvalue weighted by Gasteiger charge is -2.26. The number of rotatable bonds is 9. The van der Waals surface area contributed by atoms with Crippen molar-refractivity contribution in [2.75, 3.05) is 30.0 Å². The Kier molecular flexibility index (Phi) is 6.31. The molecule has 0 saturated heterocycles. The third kappa shape index (κ3) is 4.73. The van der Waals surface area contributed by atoms with Crippen LogP contribution >= 0.6 is 0 Å². The van der Waals surface area contributed by atoms with Crippen molar-refractivity contribution < 1.29 is 9.84 Å². The summed E-state index contributed by atoms with van der Waals surface area (Å²) < 4.78 is 7.26. The summed E-state index contributed by atoms with van der Waals surface area (Å²) in [5.74, 6) is 1.86. The van der Waals surface area contributed by atoms with E-state index in [0.29, 0.717) is 36.1 Å². The molecule has 0 fully saturated rings. The van der Waals surface area contributed by atoms with Crippen molar-refractivity contribution in [1.82, 2.24) is 19.5 Å². The maximum Gasteiger partial charge on any atom is 0.226 e. The first-order valence-electron chi connectivity index (χ1n) is 10.1. The number of imidazole rings is 1. The fraction of sp³-hybridized carbons (Fsp3) is 0.476. The number of hydrogen-bond acceptors (Lipinski definition) is 8. The van der Waals surface area contributed by atoms with Crippen LogP contribution in [-0.4, -0.2) is 43.9 Å². The number of ether oxygens (including phenoxy) is 1. The number of nitrogens with zero attached hydrogens (tertiary/aromatic N) is 4. The molecule has 0 amide bonds. The predicted octanol–water partition coefficient (Wildman–Crippen LogP) is 2.87. The Hall–Kier alpha value is -3.07. The number of aryl methyl sites for hydroxylation is 1. The largest absolute Gasteiger partial charge is 0.497 e. The lowest BCUT2D eigenvalue weighted by Crippen LogP contribution is -2.33. The number of nitrogens with two attached hydrogens (primary N) is 1. The third-order valence-corrected chi connectivity index (χ3v) is 5.37. The number of hydrogen-bond donors (Lipinski definition) is 4. The van der Waals surface area contributed by atoms with Crippen molar-refractivity contribution in [3.63, 3.8) is 0 Å². The Morgan fingerprint density at radius 2 is 2.03 bits per heavy atom. The summed E-state index contributed by atoms with van der Waals surface area (Å²) in [6.07, 6.45) is 1.76. The van der Waals surface area contributed by atoms with E-state index in [2.05, 4.69) is 25.6 Å². The number of benzene rings is 1. The highest BCUT2D eigenvalue weighted by atomic mass is 16.5. The molecule has 0 bridgehead atoms. The van der Waals surface area contributed by atoms with E-state index >= 15 is 0 Å². The third-order valence-electron chi connectivity index (χ3n) is 5.37. The van der Waals surface area contributed by atoms with Crippen LogP contribution in [0.1, 0.15) is 33.3 Å². The summed E-state index contributed by atoms with van der Waals surface area (Å²) in [4.78, 5) is 13.7. The van der Waals surface area contributed by atoms with E-state index in [0.717, 1.165) is 23.5 Å². The fourth-order valence-electron chi connectivity index (χ4n) is 2.91. The van der Waals surface area contributed by atoms with Gasteiger partial charge in [-0.15, -0.1) is 0 Å². The number of anilines is 3. The minimum absolute atomic E-state index is 0.0147. The van der Waals surface area contributed by atoms with Crippen molar-refractivity contribution in [2.24, 2.45) is 5.92 Å². The van der Waals surface area contributed by atoms with Crippen LogP contribution in [0, 0.1) is 5.92 Å². The molecule has 0 saturated carbocycles. The van der Waals surface area contributed by atoms with Gasteiger partial charge in [0.15, 0.2) is 17.0 Å². The molecule has 3 aromatic rings. The normalized spacial score (nSPS) is 12.7. The van der Waals surface area contributed by atoms with Gasteiger partial charge in [0.25, 0.3) is 0 Å². The van der Waals surface area contributed by atoms with Gasteiger partial charge in [-0.25, -0.2) is 4.98 Å². The summed E-state index contributed by atoms with van der Waals surface area (Å²) in [7, 11) is 1.63. The number of aromatic nitrogens is 4. The highest BCUT2D eigenvalue weighted by Gasteiger charge is 2.22.